The van der Waals surface area contributed by atoms with Gasteiger partial charge in [0.1, 0.15) is 10.5 Å². The van der Waals surface area contributed by atoms with Crippen LogP contribution in [-0.2, 0) is 6.54 Å². The molecule has 1 fully saturated rings. The molecule has 1 aliphatic heterocycles. The number of fused-ring (bicyclic) bond motifs is 1. The van der Waals surface area contributed by atoms with Crippen LogP contribution in [0.1, 0.15) is 19.7 Å². The summed E-state index contributed by atoms with van der Waals surface area (Å²) < 4.78 is 0.713. The maximum Gasteiger partial charge on any atom is 0.268 e. The second kappa shape index (κ2) is 5.03. The van der Waals surface area contributed by atoms with E-state index in [1.54, 1.807) is 0 Å². The van der Waals surface area contributed by atoms with Crippen molar-refractivity contribution in [1.29, 1.82) is 0 Å². The molecule has 102 valence electrons. The van der Waals surface area contributed by atoms with E-state index in [1.807, 2.05) is 11.4 Å². The quantitative estimate of drug-likeness (QED) is 0.865. The maximum absolute atomic E-state index is 11.9. The highest BCUT2D eigenvalue weighted by Crippen LogP contribution is 2.16. The first kappa shape index (κ1) is 12.8. The summed E-state index contributed by atoms with van der Waals surface area (Å²) in [5.74, 6) is 0.761. The van der Waals surface area contributed by atoms with Gasteiger partial charge in [0.25, 0.3) is 5.56 Å². The molecule has 0 amide bonds. The van der Waals surface area contributed by atoms with Crippen LogP contribution in [0.3, 0.4) is 0 Å². The molecule has 1 aliphatic rings. The number of aromatic amines is 1. The van der Waals surface area contributed by atoms with Gasteiger partial charge < -0.3 is 10.3 Å². The monoisotopic (exact) mass is 278 g/mol. The van der Waals surface area contributed by atoms with Crippen LogP contribution in [-0.4, -0.2) is 40.0 Å². The first-order valence-corrected chi connectivity index (χ1v) is 7.46. The van der Waals surface area contributed by atoms with E-state index in [0.717, 1.165) is 24.4 Å². The van der Waals surface area contributed by atoms with Gasteiger partial charge in [0.15, 0.2) is 0 Å². The Balaban J connectivity index is 1.90. The lowest BCUT2D eigenvalue weighted by molar-refractivity contribution is 0.105. The van der Waals surface area contributed by atoms with Gasteiger partial charge in [-0.05, 0) is 25.3 Å². The smallest absolute Gasteiger partial charge is 0.268 e. The molecule has 2 aromatic rings. The van der Waals surface area contributed by atoms with E-state index in [0.29, 0.717) is 23.3 Å². The lowest BCUT2D eigenvalue weighted by atomic mass is 10.1. The molecular formula is C13H18N4OS. The molecular weight excluding hydrogens is 260 g/mol. The van der Waals surface area contributed by atoms with E-state index < -0.39 is 0 Å². The zero-order chi connectivity index (χ0) is 13.4. The molecule has 2 unspecified atom stereocenters. The van der Waals surface area contributed by atoms with Gasteiger partial charge in [-0.15, -0.1) is 11.3 Å². The number of nitrogens with one attached hydrogen (secondary N) is 2. The average molecular weight is 278 g/mol. The Morgan fingerprint density at radius 2 is 2.16 bits per heavy atom. The highest BCUT2D eigenvalue weighted by Gasteiger charge is 2.25. The minimum absolute atomic E-state index is 0.0227. The van der Waals surface area contributed by atoms with Crippen LogP contribution in [0.15, 0.2) is 16.2 Å². The SMILES string of the molecule is CC1CNCC(C)N1Cc1nc2ccsc2c(=O)[nH]1. The number of thiophene rings is 1. The number of nitrogens with zero attached hydrogens (tertiary/aromatic N) is 2. The summed E-state index contributed by atoms with van der Waals surface area (Å²) >= 11 is 1.44. The van der Waals surface area contributed by atoms with Crippen LogP contribution in [0.25, 0.3) is 10.2 Å². The van der Waals surface area contributed by atoms with Crippen molar-refractivity contribution in [2.75, 3.05) is 13.1 Å². The largest absolute Gasteiger partial charge is 0.314 e. The van der Waals surface area contributed by atoms with Crippen LogP contribution in [0.2, 0.25) is 0 Å². The van der Waals surface area contributed by atoms with Crippen molar-refractivity contribution in [3.05, 3.63) is 27.6 Å². The summed E-state index contributed by atoms with van der Waals surface area (Å²) in [5.41, 5.74) is 0.782. The first-order chi connectivity index (χ1) is 9.15. The molecule has 2 N–H and O–H groups in total. The van der Waals surface area contributed by atoms with Gasteiger partial charge in [-0.3, -0.25) is 9.69 Å². The second-order valence-corrected chi connectivity index (χ2v) is 6.09. The third-order valence-corrected chi connectivity index (χ3v) is 4.61. The van der Waals surface area contributed by atoms with Crippen molar-refractivity contribution in [2.24, 2.45) is 0 Å². The van der Waals surface area contributed by atoms with Gasteiger partial charge >= 0.3 is 0 Å². The zero-order valence-corrected chi connectivity index (χ0v) is 12.0. The molecule has 0 aromatic carbocycles. The van der Waals surface area contributed by atoms with E-state index in [1.165, 1.54) is 11.3 Å². The molecule has 0 saturated carbocycles. The normalized spacial score (nSPS) is 24.9. The Morgan fingerprint density at radius 1 is 1.42 bits per heavy atom. The summed E-state index contributed by atoms with van der Waals surface area (Å²) in [6, 6.07) is 2.81. The molecule has 0 bridgehead atoms. The van der Waals surface area contributed by atoms with E-state index in [4.69, 9.17) is 0 Å². The number of rotatable bonds is 2. The number of piperazine rings is 1. The number of hydrogen-bond donors (Lipinski definition) is 2. The minimum atomic E-state index is -0.0227. The molecule has 1 saturated heterocycles. The lowest BCUT2D eigenvalue weighted by Crippen LogP contribution is -2.54. The minimum Gasteiger partial charge on any atom is -0.314 e. The number of H-pyrrole nitrogens is 1. The predicted octanol–water partition coefficient (Wildman–Crippen LogP) is 1.17. The van der Waals surface area contributed by atoms with E-state index in [2.05, 4.69) is 34.0 Å². The summed E-state index contributed by atoms with van der Waals surface area (Å²) in [5, 5.41) is 5.31. The second-order valence-electron chi connectivity index (χ2n) is 5.18. The van der Waals surface area contributed by atoms with E-state index in [-0.39, 0.29) is 5.56 Å². The van der Waals surface area contributed by atoms with Crippen molar-refractivity contribution >= 4 is 21.6 Å². The fraction of sp³-hybridized carbons (Fsp3) is 0.538. The molecule has 3 heterocycles. The third kappa shape index (κ3) is 2.43. The van der Waals surface area contributed by atoms with Crippen LogP contribution in [0.5, 0.6) is 0 Å². The van der Waals surface area contributed by atoms with Crippen molar-refractivity contribution in [2.45, 2.75) is 32.5 Å². The number of aromatic nitrogens is 2. The van der Waals surface area contributed by atoms with Gasteiger partial charge in [0.05, 0.1) is 12.1 Å². The van der Waals surface area contributed by atoms with Crippen LogP contribution >= 0.6 is 11.3 Å². The number of hydrogen-bond acceptors (Lipinski definition) is 5. The fourth-order valence-corrected chi connectivity index (χ4v) is 3.38. The molecule has 2 atom stereocenters. The molecule has 5 nitrogen and oxygen atoms in total. The predicted molar refractivity (Wildman–Crippen MR) is 77.6 cm³/mol. The highest BCUT2D eigenvalue weighted by atomic mass is 32.1. The Kier molecular flexibility index (Phi) is 3.38. The van der Waals surface area contributed by atoms with Crippen LogP contribution < -0.4 is 10.9 Å². The summed E-state index contributed by atoms with van der Waals surface area (Å²) in [6.45, 7) is 7.06. The van der Waals surface area contributed by atoms with Crippen LogP contribution in [0, 0.1) is 0 Å². The highest BCUT2D eigenvalue weighted by molar-refractivity contribution is 7.17. The molecule has 3 rings (SSSR count). The molecule has 0 radical (unpaired) electrons. The van der Waals surface area contributed by atoms with Crippen molar-refractivity contribution in [1.82, 2.24) is 20.2 Å². The molecule has 0 spiro atoms. The van der Waals surface area contributed by atoms with Gasteiger partial charge in [-0.1, -0.05) is 0 Å². The topological polar surface area (TPSA) is 61.0 Å². The first-order valence-electron chi connectivity index (χ1n) is 6.58. The third-order valence-electron chi connectivity index (χ3n) is 3.71. The Labute approximate surface area is 115 Å². The lowest BCUT2D eigenvalue weighted by Gasteiger charge is -2.38. The van der Waals surface area contributed by atoms with Crippen molar-refractivity contribution in [3.63, 3.8) is 0 Å². The van der Waals surface area contributed by atoms with E-state index in [9.17, 15) is 4.79 Å². The molecule has 19 heavy (non-hydrogen) atoms. The summed E-state index contributed by atoms with van der Waals surface area (Å²) in [6.07, 6.45) is 0. The fourth-order valence-electron chi connectivity index (χ4n) is 2.65. The molecule has 2 aromatic heterocycles. The summed E-state index contributed by atoms with van der Waals surface area (Å²) in [4.78, 5) is 21.8. The maximum atomic E-state index is 11.9. The zero-order valence-electron chi connectivity index (χ0n) is 11.1. The average Bonchev–Trinajstić information content (AvgIpc) is 2.83. The Bertz CT molecular complexity index is 625. The van der Waals surface area contributed by atoms with Gasteiger partial charge in [0, 0.05) is 25.2 Å². The van der Waals surface area contributed by atoms with Crippen LogP contribution in [0.4, 0.5) is 0 Å². The van der Waals surface area contributed by atoms with Crippen molar-refractivity contribution < 1.29 is 0 Å². The van der Waals surface area contributed by atoms with Gasteiger partial charge in [-0.25, -0.2) is 4.98 Å². The standard InChI is InChI=1S/C13H18N4OS/c1-8-5-14-6-9(2)17(8)7-11-15-10-3-4-19-12(10)13(18)16-11/h3-4,8-9,14H,5-7H2,1-2H3,(H,15,16,18). The van der Waals surface area contributed by atoms with Crippen molar-refractivity contribution in [3.8, 4) is 0 Å². The summed E-state index contributed by atoms with van der Waals surface area (Å²) in [7, 11) is 0. The Hall–Kier alpha value is -1.24. The Morgan fingerprint density at radius 3 is 2.89 bits per heavy atom. The van der Waals surface area contributed by atoms with E-state index >= 15 is 0 Å². The molecule has 6 heteroatoms. The van der Waals surface area contributed by atoms with Gasteiger partial charge in [0.2, 0.25) is 0 Å². The molecule has 0 aliphatic carbocycles. The van der Waals surface area contributed by atoms with Gasteiger partial charge in [-0.2, -0.15) is 0 Å².